The second-order valence-electron chi connectivity index (χ2n) is 7.81. The average Bonchev–Trinajstić information content (AvgIpc) is 2.69. The predicted octanol–water partition coefficient (Wildman–Crippen LogP) is 0.964. The van der Waals surface area contributed by atoms with E-state index in [0.717, 1.165) is 11.5 Å². The Kier molecular flexibility index (Phi) is 12.7. The van der Waals surface area contributed by atoms with Gasteiger partial charge in [-0.15, -0.1) is 0 Å². The van der Waals surface area contributed by atoms with Gasteiger partial charge < -0.3 is 4.74 Å². The van der Waals surface area contributed by atoms with Gasteiger partial charge in [0.2, 0.25) is 0 Å². The molecule has 0 saturated heterocycles. The van der Waals surface area contributed by atoms with Crippen molar-refractivity contribution in [1.29, 1.82) is 0 Å². The first-order chi connectivity index (χ1) is 14.9. The van der Waals surface area contributed by atoms with Crippen molar-refractivity contribution in [2.24, 2.45) is 0 Å². The molecule has 2 radical (unpaired) electrons. The van der Waals surface area contributed by atoms with Gasteiger partial charge in [-0.1, -0.05) is 12.1 Å². The molecule has 0 saturated carbocycles. The first-order valence-electron chi connectivity index (χ1n) is 10.3. The predicted molar refractivity (Wildman–Crippen MR) is 120 cm³/mol. The number of ether oxygens (including phenoxy) is 1. The molecule has 0 N–H and O–H groups in total. The number of halogens is 2. The molecule has 5 heteroatoms. The van der Waals surface area contributed by atoms with Crippen molar-refractivity contribution in [3.8, 4) is 11.5 Å². The Morgan fingerprint density at radius 2 is 0.727 bits per heavy atom. The van der Waals surface area contributed by atoms with Crippen LogP contribution in [0.2, 0.25) is 0 Å². The van der Waals surface area contributed by atoms with Crippen LogP contribution < -0.4 is 47.1 Å². The van der Waals surface area contributed by atoms with Crippen LogP contribution in [-0.4, -0.2) is 0 Å². The summed E-state index contributed by atoms with van der Waals surface area (Å²) in [5.74, 6) is 1.79. The van der Waals surface area contributed by atoms with Gasteiger partial charge in [-0.05, 0) is 123 Å². The van der Waals surface area contributed by atoms with Crippen molar-refractivity contribution in [1.82, 2.24) is 0 Å². The molecule has 33 heavy (non-hydrogen) atoms. The minimum Gasteiger partial charge on any atom is -0.457 e. The zero-order valence-electron chi connectivity index (χ0n) is 19.4. The molecule has 162 valence electrons. The largest absolute Gasteiger partial charge is 0.457 e. The fraction of sp³-hybridized carbons (Fsp3) is 0.143. The normalized spacial score (nSPS) is 10.2. The van der Waals surface area contributed by atoms with Crippen LogP contribution in [0.25, 0.3) is 0 Å². The maximum Gasteiger partial charge on any atom is 0.357 e. The van der Waals surface area contributed by atoms with E-state index in [1.807, 2.05) is 0 Å². The topological polar surface area (TPSA) is 9.23 Å². The summed E-state index contributed by atoms with van der Waals surface area (Å²) < 4.78 is 11.8. The zero-order valence-corrected chi connectivity index (χ0v) is 29.4. The van der Waals surface area contributed by atoms with E-state index in [4.69, 9.17) is 4.74 Å². The molecule has 0 spiro atoms. The van der Waals surface area contributed by atoms with Gasteiger partial charge in [0.15, 0.2) is 14.3 Å². The molecule has 0 unspecified atom stereocenters. The number of rotatable bonds is 6. The number of benzene rings is 4. The van der Waals surface area contributed by atoms with E-state index >= 15 is 0 Å². The van der Waals surface area contributed by atoms with Crippen LogP contribution in [0.3, 0.4) is 0 Å². The van der Waals surface area contributed by atoms with Crippen molar-refractivity contribution in [3.05, 3.63) is 121 Å². The monoisotopic (exact) mass is 810 g/mol. The van der Waals surface area contributed by atoms with Gasteiger partial charge in [-0.25, -0.2) is 0 Å². The van der Waals surface area contributed by atoms with Crippen LogP contribution in [0.4, 0.5) is 0 Å². The van der Waals surface area contributed by atoms with E-state index < -0.39 is 0 Å². The Bertz CT molecular complexity index is 1050. The van der Waals surface area contributed by atoms with Crippen molar-refractivity contribution in [3.63, 3.8) is 0 Å². The summed E-state index contributed by atoms with van der Waals surface area (Å²) in [4.78, 5) is 0. The zero-order chi connectivity index (χ0) is 21.8. The first-order valence-corrected chi connectivity index (χ1v) is 14.6. The Labute approximate surface area is 269 Å². The first kappa shape index (κ1) is 29.6. The molecule has 0 fully saturated rings. The SMILES string of the molecule is Cc1cc(C)cc([I+]c2ccc(Oc3ccc([I+]c4cc(C)cc(C)c4)cc3)cc2)c1.[Y].[Y]. The van der Waals surface area contributed by atoms with E-state index in [1.54, 1.807) is 0 Å². The van der Waals surface area contributed by atoms with Crippen LogP contribution in [0.1, 0.15) is 22.3 Å². The van der Waals surface area contributed by atoms with Gasteiger partial charge in [0.1, 0.15) is 11.5 Å². The fourth-order valence-corrected chi connectivity index (χ4v) is 8.93. The van der Waals surface area contributed by atoms with E-state index in [2.05, 4.69) is 113 Å². The molecule has 0 aliphatic rings. The second-order valence-corrected chi connectivity index (χ2v) is 13.9. The summed E-state index contributed by atoms with van der Waals surface area (Å²) in [6, 6.07) is 30.9. The smallest absolute Gasteiger partial charge is 0.357 e. The van der Waals surface area contributed by atoms with Gasteiger partial charge in [0.05, 0.1) is 0 Å². The average molecular weight is 810 g/mol. The van der Waals surface area contributed by atoms with Gasteiger partial charge >= 0.3 is 42.4 Å². The molecule has 1 nitrogen and oxygen atoms in total. The number of aryl methyl sites for hydroxylation is 4. The number of hydrogen-bond acceptors (Lipinski definition) is 1. The molecule has 4 rings (SSSR count). The molecule has 0 aliphatic heterocycles. The maximum atomic E-state index is 6.09. The molecule has 0 amide bonds. The standard InChI is InChI=1S/C28H26I2O.2Y/c1-19-13-20(2)16-25(15-19)29-23-5-9-27(10-6-23)31-28-11-7-24(8-12-28)30-26-17-21(3)14-22(4)18-26;;/h5-18H,1-4H3;;/q+2;;. The van der Waals surface area contributed by atoms with Crippen molar-refractivity contribution in [2.45, 2.75) is 27.7 Å². The Hall–Kier alpha value is 0.348. The minimum absolute atomic E-state index is 0. The van der Waals surface area contributed by atoms with Crippen LogP contribution >= 0.6 is 0 Å². The molecular weight excluding hydrogens is 784 g/mol. The summed E-state index contributed by atoms with van der Waals surface area (Å²) in [5.41, 5.74) is 5.38. The van der Waals surface area contributed by atoms with Crippen LogP contribution in [0.5, 0.6) is 11.5 Å². The second kappa shape index (κ2) is 14.2. The molecule has 0 bridgehead atoms. The van der Waals surface area contributed by atoms with Crippen LogP contribution in [0, 0.1) is 42.0 Å². The van der Waals surface area contributed by atoms with Crippen molar-refractivity contribution >= 4 is 0 Å². The maximum absolute atomic E-state index is 6.09. The molecule has 0 heterocycles. The Morgan fingerprint density at radius 1 is 0.424 bits per heavy atom. The third-order valence-corrected chi connectivity index (χ3v) is 9.85. The third kappa shape index (κ3) is 9.38. The van der Waals surface area contributed by atoms with E-state index in [-0.39, 0.29) is 108 Å². The van der Waals surface area contributed by atoms with Crippen molar-refractivity contribution < 1.29 is 113 Å². The van der Waals surface area contributed by atoms with Gasteiger partial charge in [-0.3, -0.25) is 0 Å². The molecule has 0 aromatic heterocycles. The van der Waals surface area contributed by atoms with Crippen molar-refractivity contribution in [2.75, 3.05) is 0 Å². The summed E-state index contributed by atoms with van der Waals surface area (Å²) in [6.45, 7) is 8.69. The van der Waals surface area contributed by atoms with E-state index in [9.17, 15) is 0 Å². The third-order valence-electron chi connectivity index (χ3n) is 4.67. The quantitative estimate of drug-likeness (QED) is 0.264. The summed E-state index contributed by atoms with van der Waals surface area (Å²) in [7, 11) is 0. The Morgan fingerprint density at radius 3 is 1.03 bits per heavy atom. The summed E-state index contributed by atoms with van der Waals surface area (Å²) in [6.07, 6.45) is 0. The summed E-state index contributed by atoms with van der Waals surface area (Å²) >= 11 is -0.329. The van der Waals surface area contributed by atoms with Gasteiger partial charge in [0.25, 0.3) is 0 Å². The summed E-state index contributed by atoms with van der Waals surface area (Å²) in [5, 5.41) is 0. The van der Waals surface area contributed by atoms with Crippen LogP contribution in [-0.2, 0) is 65.4 Å². The van der Waals surface area contributed by atoms with Gasteiger partial charge in [0, 0.05) is 65.4 Å². The molecule has 0 aliphatic carbocycles. The van der Waals surface area contributed by atoms with Gasteiger partial charge in [-0.2, -0.15) is 0 Å². The molecular formula is C28H26I2OY2+2. The van der Waals surface area contributed by atoms with E-state index in [1.165, 1.54) is 36.5 Å². The number of hydrogen-bond donors (Lipinski definition) is 0. The Balaban J connectivity index is 0.00000193. The molecule has 4 aromatic carbocycles. The van der Waals surface area contributed by atoms with E-state index in [0.29, 0.717) is 0 Å². The molecule has 0 atom stereocenters. The molecule has 4 aromatic rings. The fourth-order valence-electron chi connectivity index (χ4n) is 3.47. The minimum atomic E-state index is -0.164. The van der Waals surface area contributed by atoms with Crippen LogP contribution in [0.15, 0.2) is 84.9 Å².